The molecule has 0 aliphatic carbocycles. The van der Waals surface area contributed by atoms with Crippen LogP contribution >= 0.6 is 15.9 Å². The van der Waals surface area contributed by atoms with E-state index in [0.29, 0.717) is 23.3 Å². The van der Waals surface area contributed by atoms with Crippen molar-refractivity contribution in [2.24, 2.45) is 0 Å². The van der Waals surface area contributed by atoms with Crippen LogP contribution in [0.1, 0.15) is 18.1 Å². The van der Waals surface area contributed by atoms with Crippen molar-refractivity contribution in [2.45, 2.75) is 20.0 Å². The first-order valence-corrected chi connectivity index (χ1v) is 9.30. The maximum atomic E-state index is 12.4. The molecule has 0 radical (unpaired) electrons. The van der Waals surface area contributed by atoms with E-state index in [4.69, 9.17) is 9.15 Å². The zero-order chi connectivity index (χ0) is 18.1. The molecule has 0 fully saturated rings. The summed E-state index contributed by atoms with van der Waals surface area (Å²) in [6.07, 6.45) is 0.885. The van der Waals surface area contributed by atoms with E-state index in [2.05, 4.69) is 28.9 Å². The van der Waals surface area contributed by atoms with Crippen molar-refractivity contribution < 1.29 is 9.15 Å². The summed E-state index contributed by atoms with van der Waals surface area (Å²) in [7, 11) is 0. The van der Waals surface area contributed by atoms with Gasteiger partial charge in [0.05, 0.1) is 5.39 Å². The lowest BCUT2D eigenvalue weighted by Crippen LogP contribution is -2.01. The summed E-state index contributed by atoms with van der Waals surface area (Å²) >= 11 is 3.42. The van der Waals surface area contributed by atoms with Crippen LogP contribution < -0.4 is 10.4 Å². The SMILES string of the molecule is CCc1ccc2c(c1)c(=O)oc1cc(OCc3ccc(Br)cc3)ccc12. The number of halogens is 1. The first-order valence-electron chi connectivity index (χ1n) is 8.51. The molecule has 0 spiro atoms. The van der Waals surface area contributed by atoms with Crippen LogP contribution in [0.2, 0.25) is 0 Å². The van der Waals surface area contributed by atoms with Crippen LogP contribution in [0.15, 0.2) is 74.3 Å². The number of hydrogen-bond donors (Lipinski definition) is 0. The lowest BCUT2D eigenvalue weighted by molar-refractivity contribution is 0.306. The van der Waals surface area contributed by atoms with E-state index in [0.717, 1.165) is 32.8 Å². The summed E-state index contributed by atoms with van der Waals surface area (Å²) in [4.78, 5) is 12.4. The Labute approximate surface area is 159 Å². The molecule has 130 valence electrons. The van der Waals surface area contributed by atoms with E-state index >= 15 is 0 Å². The molecule has 0 amide bonds. The molecule has 0 aliphatic heterocycles. The highest BCUT2D eigenvalue weighted by Gasteiger charge is 2.09. The molecule has 0 N–H and O–H groups in total. The first kappa shape index (κ1) is 16.9. The van der Waals surface area contributed by atoms with Crippen LogP contribution in [0.25, 0.3) is 21.7 Å². The van der Waals surface area contributed by atoms with Crippen molar-refractivity contribution in [1.82, 2.24) is 0 Å². The molecule has 0 bridgehead atoms. The van der Waals surface area contributed by atoms with Gasteiger partial charge in [-0.05, 0) is 53.3 Å². The Morgan fingerprint density at radius 2 is 1.62 bits per heavy atom. The molecule has 26 heavy (non-hydrogen) atoms. The fourth-order valence-electron chi connectivity index (χ4n) is 3.02. The molecule has 0 aliphatic rings. The lowest BCUT2D eigenvalue weighted by Gasteiger charge is -2.09. The van der Waals surface area contributed by atoms with Gasteiger partial charge in [0.1, 0.15) is 17.9 Å². The van der Waals surface area contributed by atoms with Crippen molar-refractivity contribution >= 4 is 37.7 Å². The highest BCUT2D eigenvalue weighted by Crippen LogP contribution is 2.27. The summed E-state index contributed by atoms with van der Waals surface area (Å²) in [5.74, 6) is 0.674. The summed E-state index contributed by atoms with van der Waals surface area (Å²) in [6.45, 7) is 2.52. The zero-order valence-corrected chi connectivity index (χ0v) is 15.9. The molecule has 0 atom stereocenters. The van der Waals surface area contributed by atoms with Crippen molar-refractivity contribution in [3.05, 3.63) is 86.7 Å². The standard InChI is InChI=1S/C22H17BrO3/c1-2-14-5-9-18-19-10-8-17(12-21(19)26-22(24)20(18)11-14)25-13-15-3-6-16(23)7-4-15/h3-12H,2,13H2,1H3. The van der Waals surface area contributed by atoms with Crippen molar-refractivity contribution in [1.29, 1.82) is 0 Å². The Morgan fingerprint density at radius 3 is 2.38 bits per heavy atom. The molecular weight excluding hydrogens is 392 g/mol. The van der Waals surface area contributed by atoms with Gasteiger partial charge in [0.2, 0.25) is 0 Å². The van der Waals surface area contributed by atoms with Gasteiger partial charge in [-0.15, -0.1) is 0 Å². The third-order valence-electron chi connectivity index (χ3n) is 4.48. The van der Waals surface area contributed by atoms with Gasteiger partial charge < -0.3 is 9.15 Å². The second-order valence-electron chi connectivity index (χ2n) is 6.20. The summed E-state index contributed by atoms with van der Waals surface area (Å²) in [5.41, 5.74) is 2.42. The summed E-state index contributed by atoms with van der Waals surface area (Å²) < 4.78 is 12.4. The Balaban J connectivity index is 1.69. The third kappa shape index (κ3) is 3.25. The number of fused-ring (bicyclic) bond motifs is 3. The molecule has 4 heteroatoms. The topological polar surface area (TPSA) is 39.4 Å². The number of aryl methyl sites for hydroxylation is 1. The highest BCUT2D eigenvalue weighted by atomic mass is 79.9. The van der Waals surface area contributed by atoms with Crippen molar-refractivity contribution in [2.75, 3.05) is 0 Å². The quantitative estimate of drug-likeness (QED) is 0.314. The lowest BCUT2D eigenvalue weighted by atomic mass is 10.0. The molecule has 3 nitrogen and oxygen atoms in total. The predicted molar refractivity (Wildman–Crippen MR) is 108 cm³/mol. The van der Waals surface area contributed by atoms with Crippen LogP contribution in [0.3, 0.4) is 0 Å². The van der Waals surface area contributed by atoms with Crippen molar-refractivity contribution in [3.63, 3.8) is 0 Å². The molecule has 1 aromatic heterocycles. The van der Waals surface area contributed by atoms with E-state index in [1.165, 1.54) is 0 Å². The van der Waals surface area contributed by atoms with Gasteiger partial charge in [-0.25, -0.2) is 4.79 Å². The molecule has 4 aromatic rings. The minimum Gasteiger partial charge on any atom is -0.489 e. The van der Waals surface area contributed by atoms with Gasteiger partial charge in [0.15, 0.2) is 0 Å². The monoisotopic (exact) mass is 408 g/mol. The molecule has 1 heterocycles. The second kappa shape index (κ2) is 6.96. The molecule has 3 aromatic carbocycles. The largest absolute Gasteiger partial charge is 0.489 e. The van der Waals surface area contributed by atoms with Crippen LogP contribution in [0.4, 0.5) is 0 Å². The fraction of sp³-hybridized carbons (Fsp3) is 0.136. The van der Waals surface area contributed by atoms with Gasteiger partial charge in [-0.2, -0.15) is 0 Å². The molecule has 0 unspecified atom stereocenters. The average Bonchev–Trinajstić information content (AvgIpc) is 2.67. The normalized spacial score (nSPS) is 11.2. The maximum Gasteiger partial charge on any atom is 0.344 e. The Morgan fingerprint density at radius 1 is 0.885 bits per heavy atom. The molecule has 4 rings (SSSR count). The van der Waals surface area contributed by atoms with Crippen LogP contribution in [0.5, 0.6) is 5.75 Å². The minimum absolute atomic E-state index is 0.312. The van der Waals surface area contributed by atoms with Crippen LogP contribution in [-0.4, -0.2) is 0 Å². The number of ether oxygens (including phenoxy) is 1. The van der Waals surface area contributed by atoms with Gasteiger partial charge in [0, 0.05) is 15.9 Å². The van der Waals surface area contributed by atoms with E-state index in [1.807, 2.05) is 48.5 Å². The fourth-order valence-corrected chi connectivity index (χ4v) is 3.28. The number of rotatable bonds is 4. The Bertz CT molecular complexity index is 1140. The van der Waals surface area contributed by atoms with E-state index in [-0.39, 0.29) is 5.63 Å². The smallest absolute Gasteiger partial charge is 0.344 e. The van der Waals surface area contributed by atoms with Gasteiger partial charge in [0.25, 0.3) is 0 Å². The van der Waals surface area contributed by atoms with E-state index < -0.39 is 0 Å². The molecular formula is C22H17BrO3. The van der Waals surface area contributed by atoms with Gasteiger partial charge >= 0.3 is 5.63 Å². The zero-order valence-electron chi connectivity index (χ0n) is 14.3. The first-order chi connectivity index (χ1) is 12.6. The Hall–Kier alpha value is -2.59. The third-order valence-corrected chi connectivity index (χ3v) is 5.01. The van der Waals surface area contributed by atoms with Gasteiger partial charge in [-0.3, -0.25) is 0 Å². The van der Waals surface area contributed by atoms with Crippen LogP contribution in [-0.2, 0) is 13.0 Å². The van der Waals surface area contributed by atoms with Crippen LogP contribution in [0, 0.1) is 0 Å². The summed E-state index contributed by atoms with van der Waals surface area (Å²) in [6, 6.07) is 19.6. The number of benzene rings is 3. The summed E-state index contributed by atoms with van der Waals surface area (Å²) in [5, 5.41) is 2.45. The van der Waals surface area contributed by atoms with Crippen molar-refractivity contribution in [3.8, 4) is 5.75 Å². The Kier molecular flexibility index (Phi) is 4.51. The minimum atomic E-state index is -0.312. The predicted octanol–water partition coefficient (Wildman–Crippen LogP) is 5.85. The van der Waals surface area contributed by atoms with Gasteiger partial charge in [-0.1, -0.05) is 47.1 Å². The van der Waals surface area contributed by atoms with E-state index in [9.17, 15) is 4.79 Å². The molecule has 0 saturated carbocycles. The second-order valence-corrected chi connectivity index (χ2v) is 7.11. The average molecular weight is 409 g/mol. The highest BCUT2D eigenvalue weighted by molar-refractivity contribution is 9.10. The van der Waals surface area contributed by atoms with E-state index in [1.54, 1.807) is 6.07 Å². The molecule has 0 saturated heterocycles. The number of hydrogen-bond acceptors (Lipinski definition) is 3. The maximum absolute atomic E-state index is 12.4.